The van der Waals surface area contributed by atoms with Crippen LogP contribution in [0.25, 0.3) is 0 Å². The number of nitrogens with one attached hydrogen (secondary N) is 1. The van der Waals surface area contributed by atoms with Crippen molar-refractivity contribution >= 4 is 0 Å². The average Bonchev–Trinajstić information content (AvgIpc) is 2.50. The van der Waals surface area contributed by atoms with Gasteiger partial charge in [0.2, 0.25) is 0 Å². The fraction of sp³-hybridized carbons (Fsp3) is 0.647. The number of ether oxygens (including phenoxy) is 2. The molecule has 0 saturated heterocycles. The minimum absolute atomic E-state index is 0.219. The van der Waals surface area contributed by atoms with E-state index >= 15 is 0 Å². The van der Waals surface area contributed by atoms with E-state index in [0.29, 0.717) is 12.0 Å². The van der Waals surface area contributed by atoms with Gasteiger partial charge in [-0.1, -0.05) is 19.9 Å². The maximum Gasteiger partial charge on any atom is 0.127 e. The van der Waals surface area contributed by atoms with E-state index in [-0.39, 0.29) is 6.04 Å². The summed E-state index contributed by atoms with van der Waals surface area (Å²) in [5, 5.41) is 3.39. The highest BCUT2D eigenvalue weighted by molar-refractivity contribution is 5.42. The summed E-state index contributed by atoms with van der Waals surface area (Å²) in [4.78, 5) is 2.38. The van der Waals surface area contributed by atoms with Crippen molar-refractivity contribution in [2.45, 2.75) is 32.9 Å². The minimum Gasteiger partial charge on any atom is -0.497 e. The van der Waals surface area contributed by atoms with Crippen molar-refractivity contribution in [1.29, 1.82) is 0 Å². The van der Waals surface area contributed by atoms with Crippen molar-refractivity contribution in [3.8, 4) is 11.5 Å². The SMILES string of the molecule is CNC(CN(C)C(C)C(C)C)c1ccc(OC)cc1OC. The number of rotatable bonds is 8. The molecule has 0 spiro atoms. The number of methoxy groups -OCH3 is 2. The summed E-state index contributed by atoms with van der Waals surface area (Å²) < 4.78 is 10.8. The fourth-order valence-corrected chi connectivity index (χ4v) is 2.41. The highest BCUT2D eigenvalue weighted by Gasteiger charge is 2.20. The molecule has 0 saturated carbocycles. The molecule has 0 radical (unpaired) electrons. The Kier molecular flexibility index (Phi) is 6.99. The predicted octanol–water partition coefficient (Wildman–Crippen LogP) is 2.94. The van der Waals surface area contributed by atoms with Crippen LogP contribution in [0.2, 0.25) is 0 Å². The molecule has 0 aliphatic carbocycles. The number of benzene rings is 1. The predicted molar refractivity (Wildman–Crippen MR) is 88.3 cm³/mol. The summed E-state index contributed by atoms with van der Waals surface area (Å²) in [7, 11) is 7.53. The Bertz CT molecular complexity index is 435. The van der Waals surface area contributed by atoms with Gasteiger partial charge < -0.3 is 19.7 Å². The van der Waals surface area contributed by atoms with Crippen LogP contribution in [0.1, 0.15) is 32.4 Å². The van der Waals surface area contributed by atoms with Crippen molar-refractivity contribution in [2.24, 2.45) is 5.92 Å². The van der Waals surface area contributed by atoms with Gasteiger partial charge in [0.1, 0.15) is 11.5 Å². The lowest BCUT2D eigenvalue weighted by atomic mass is 10.0. The second kappa shape index (κ2) is 8.25. The fourth-order valence-electron chi connectivity index (χ4n) is 2.41. The van der Waals surface area contributed by atoms with Crippen LogP contribution in [0.3, 0.4) is 0 Å². The molecule has 120 valence electrons. The molecule has 0 aliphatic heterocycles. The molecule has 1 N–H and O–H groups in total. The Morgan fingerprint density at radius 3 is 2.29 bits per heavy atom. The van der Waals surface area contributed by atoms with Gasteiger partial charge in [-0.05, 0) is 33.0 Å². The Morgan fingerprint density at radius 1 is 1.14 bits per heavy atom. The molecule has 2 unspecified atom stereocenters. The lowest BCUT2D eigenvalue weighted by Gasteiger charge is -2.32. The zero-order valence-corrected chi connectivity index (χ0v) is 14.4. The molecule has 0 aliphatic rings. The average molecular weight is 294 g/mol. The van der Waals surface area contributed by atoms with Gasteiger partial charge in [0, 0.05) is 30.3 Å². The minimum atomic E-state index is 0.219. The third-order valence-corrected chi connectivity index (χ3v) is 4.30. The zero-order chi connectivity index (χ0) is 16.0. The first-order valence-corrected chi connectivity index (χ1v) is 7.54. The van der Waals surface area contributed by atoms with E-state index in [2.05, 4.69) is 44.1 Å². The molecule has 4 nitrogen and oxygen atoms in total. The van der Waals surface area contributed by atoms with Crippen LogP contribution in [-0.2, 0) is 0 Å². The van der Waals surface area contributed by atoms with Gasteiger partial charge in [-0.2, -0.15) is 0 Å². The maximum atomic E-state index is 5.52. The molecule has 1 aromatic carbocycles. The molecule has 21 heavy (non-hydrogen) atoms. The second-order valence-electron chi connectivity index (χ2n) is 5.87. The summed E-state index contributed by atoms with van der Waals surface area (Å²) in [6.45, 7) is 7.70. The summed E-state index contributed by atoms with van der Waals surface area (Å²) in [5.41, 5.74) is 1.16. The van der Waals surface area contributed by atoms with Crippen LogP contribution in [0.5, 0.6) is 11.5 Å². The molecule has 4 heteroatoms. The standard InChI is InChI=1S/C17H30N2O2/c1-12(2)13(3)19(5)11-16(18-4)15-9-8-14(20-6)10-17(15)21-7/h8-10,12-13,16,18H,11H2,1-7H3. The van der Waals surface area contributed by atoms with Crippen LogP contribution in [0, 0.1) is 5.92 Å². The molecule has 1 rings (SSSR count). The van der Waals surface area contributed by atoms with Crippen molar-refractivity contribution < 1.29 is 9.47 Å². The lowest BCUT2D eigenvalue weighted by molar-refractivity contribution is 0.189. The van der Waals surface area contributed by atoms with E-state index < -0.39 is 0 Å². The number of hydrogen-bond acceptors (Lipinski definition) is 4. The third kappa shape index (κ3) is 4.61. The summed E-state index contributed by atoms with van der Waals surface area (Å²) in [6.07, 6.45) is 0. The van der Waals surface area contributed by atoms with E-state index in [9.17, 15) is 0 Å². The summed E-state index contributed by atoms with van der Waals surface area (Å²) in [6, 6.07) is 6.74. The molecular formula is C17H30N2O2. The van der Waals surface area contributed by atoms with Gasteiger partial charge >= 0.3 is 0 Å². The highest BCUT2D eigenvalue weighted by Crippen LogP contribution is 2.30. The number of likely N-dealkylation sites (N-methyl/N-ethyl adjacent to an activating group) is 2. The Balaban J connectivity index is 2.94. The van der Waals surface area contributed by atoms with Crippen LogP contribution >= 0.6 is 0 Å². The van der Waals surface area contributed by atoms with Crippen LogP contribution in [0.4, 0.5) is 0 Å². The first kappa shape index (κ1) is 17.8. The van der Waals surface area contributed by atoms with Crippen molar-refractivity contribution in [3.05, 3.63) is 23.8 Å². The maximum absolute atomic E-state index is 5.52. The van der Waals surface area contributed by atoms with Gasteiger partial charge in [0.15, 0.2) is 0 Å². The zero-order valence-electron chi connectivity index (χ0n) is 14.4. The normalized spacial score (nSPS) is 14.3. The van der Waals surface area contributed by atoms with E-state index in [0.717, 1.165) is 23.6 Å². The quantitative estimate of drug-likeness (QED) is 0.799. The first-order valence-electron chi connectivity index (χ1n) is 7.54. The molecule has 1 aromatic rings. The van der Waals surface area contributed by atoms with E-state index in [1.54, 1.807) is 14.2 Å². The molecule has 0 bridgehead atoms. The Morgan fingerprint density at radius 2 is 1.81 bits per heavy atom. The third-order valence-electron chi connectivity index (χ3n) is 4.30. The molecule has 0 aromatic heterocycles. The number of nitrogens with zero attached hydrogens (tertiary/aromatic N) is 1. The molecule has 0 fully saturated rings. The van der Waals surface area contributed by atoms with Crippen LogP contribution in [0.15, 0.2) is 18.2 Å². The monoisotopic (exact) mass is 294 g/mol. The molecular weight excluding hydrogens is 264 g/mol. The lowest BCUT2D eigenvalue weighted by Crippen LogP contribution is -2.39. The van der Waals surface area contributed by atoms with Crippen molar-refractivity contribution in [2.75, 3.05) is 34.9 Å². The van der Waals surface area contributed by atoms with Crippen LogP contribution in [-0.4, -0.2) is 45.8 Å². The number of hydrogen-bond donors (Lipinski definition) is 1. The molecule has 0 heterocycles. The van der Waals surface area contributed by atoms with E-state index in [4.69, 9.17) is 9.47 Å². The largest absolute Gasteiger partial charge is 0.497 e. The van der Waals surface area contributed by atoms with Gasteiger partial charge in [0.25, 0.3) is 0 Å². The van der Waals surface area contributed by atoms with Gasteiger partial charge in [-0.15, -0.1) is 0 Å². The Hall–Kier alpha value is -1.26. The van der Waals surface area contributed by atoms with E-state index in [1.165, 1.54) is 0 Å². The smallest absolute Gasteiger partial charge is 0.127 e. The van der Waals surface area contributed by atoms with Gasteiger partial charge in [0.05, 0.1) is 14.2 Å². The van der Waals surface area contributed by atoms with Crippen LogP contribution < -0.4 is 14.8 Å². The van der Waals surface area contributed by atoms with E-state index in [1.807, 2.05) is 19.2 Å². The highest BCUT2D eigenvalue weighted by atomic mass is 16.5. The summed E-state index contributed by atoms with van der Waals surface area (Å²) >= 11 is 0. The van der Waals surface area contributed by atoms with Gasteiger partial charge in [-0.25, -0.2) is 0 Å². The molecule has 0 amide bonds. The summed E-state index contributed by atoms with van der Waals surface area (Å²) in [5.74, 6) is 2.30. The van der Waals surface area contributed by atoms with Crippen molar-refractivity contribution in [3.63, 3.8) is 0 Å². The topological polar surface area (TPSA) is 33.7 Å². The first-order chi connectivity index (χ1) is 9.94. The Labute approximate surface area is 129 Å². The van der Waals surface area contributed by atoms with Gasteiger partial charge in [-0.3, -0.25) is 0 Å². The second-order valence-corrected chi connectivity index (χ2v) is 5.87. The van der Waals surface area contributed by atoms with Crippen molar-refractivity contribution in [1.82, 2.24) is 10.2 Å². The molecule has 2 atom stereocenters.